The molecule has 1 aliphatic heterocycles. The molecule has 4 rings (SSSR count). The van der Waals surface area contributed by atoms with Crippen molar-refractivity contribution in [1.29, 1.82) is 0 Å². The maximum Gasteiger partial charge on any atom is 0.335 e. The number of thioether (sulfide) groups is 1. The molecular weight excluding hydrogens is 460 g/mol. The maximum absolute atomic E-state index is 11.0. The van der Waals surface area contributed by atoms with Crippen molar-refractivity contribution in [3.63, 3.8) is 0 Å². The second-order valence-electron chi connectivity index (χ2n) is 7.65. The lowest BCUT2D eigenvalue weighted by Crippen LogP contribution is -2.47. The number of carboxylic acid groups (broad SMARTS) is 1. The van der Waals surface area contributed by atoms with Gasteiger partial charge in [-0.15, -0.1) is 0 Å². The van der Waals surface area contributed by atoms with Gasteiger partial charge in [0.05, 0.1) is 28.6 Å². The first-order valence-corrected chi connectivity index (χ1v) is 12.0. The minimum Gasteiger partial charge on any atom is -0.478 e. The van der Waals surface area contributed by atoms with Gasteiger partial charge in [-0.25, -0.2) is 14.8 Å². The molecule has 172 valence electrons. The molecule has 0 bridgehead atoms. The zero-order valence-electron chi connectivity index (χ0n) is 18.3. The van der Waals surface area contributed by atoms with E-state index in [0.717, 1.165) is 54.0 Å². The van der Waals surface area contributed by atoms with Gasteiger partial charge in [-0.1, -0.05) is 47.6 Å². The number of piperazine rings is 1. The largest absolute Gasteiger partial charge is 0.478 e. The SMILES string of the molecule is COCc1cc(N2CCN(c3ccccc3Cl)CC2)nc(SCc2ccc(C(=O)O)cc2)n1. The normalized spacial score (nSPS) is 13.9. The highest BCUT2D eigenvalue weighted by Gasteiger charge is 2.21. The fourth-order valence-corrected chi connectivity index (χ4v) is 4.77. The van der Waals surface area contributed by atoms with Gasteiger partial charge >= 0.3 is 5.97 Å². The summed E-state index contributed by atoms with van der Waals surface area (Å²) in [6, 6.07) is 16.8. The van der Waals surface area contributed by atoms with Crippen LogP contribution in [0, 0.1) is 0 Å². The Hall–Kier alpha value is -2.81. The third kappa shape index (κ3) is 5.96. The molecule has 33 heavy (non-hydrogen) atoms. The van der Waals surface area contributed by atoms with Gasteiger partial charge < -0.3 is 19.6 Å². The number of hydrogen-bond acceptors (Lipinski definition) is 7. The number of aromatic nitrogens is 2. The number of carbonyl (C=O) groups is 1. The third-order valence-electron chi connectivity index (χ3n) is 5.40. The lowest BCUT2D eigenvalue weighted by molar-refractivity contribution is 0.0697. The minimum atomic E-state index is -0.927. The summed E-state index contributed by atoms with van der Waals surface area (Å²) in [5, 5.41) is 10.5. The van der Waals surface area contributed by atoms with Gasteiger partial charge in [0.1, 0.15) is 5.82 Å². The molecule has 0 spiro atoms. The average molecular weight is 485 g/mol. The second-order valence-corrected chi connectivity index (χ2v) is 9.00. The minimum absolute atomic E-state index is 0.278. The van der Waals surface area contributed by atoms with E-state index in [0.29, 0.717) is 17.5 Å². The molecule has 1 aliphatic rings. The van der Waals surface area contributed by atoms with Crippen LogP contribution >= 0.6 is 23.4 Å². The zero-order chi connectivity index (χ0) is 23.2. The van der Waals surface area contributed by atoms with Crippen molar-refractivity contribution in [3.05, 3.63) is 76.4 Å². The standard InChI is InChI=1S/C24H25ClN4O3S/c1-32-15-19-14-22(29-12-10-28(11-13-29)21-5-3-2-4-20(21)25)27-24(26-19)33-16-17-6-8-18(9-7-17)23(30)31/h2-9,14H,10-13,15-16H2,1H3,(H,30,31). The van der Waals surface area contributed by atoms with Gasteiger partial charge in [0.25, 0.3) is 0 Å². The smallest absolute Gasteiger partial charge is 0.335 e. The monoisotopic (exact) mass is 484 g/mol. The van der Waals surface area contributed by atoms with E-state index in [2.05, 4.69) is 20.9 Å². The summed E-state index contributed by atoms with van der Waals surface area (Å²) in [5.74, 6) is 0.611. The molecule has 0 aliphatic carbocycles. The zero-order valence-corrected chi connectivity index (χ0v) is 19.8. The Morgan fingerprint density at radius 2 is 1.76 bits per heavy atom. The van der Waals surface area contributed by atoms with Crippen LogP contribution < -0.4 is 9.80 Å². The molecule has 9 heteroatoms. The molecule has 2 heterocycles. The van der Waals surface area contributed by atoms with Crippen LogP contribution in [0.5, 0.6) is 0 Å². The summed E-state index contributed by atoms with van der Waals surface area (Å²) in [6.45, 7) is 3.78. The van der Waals surface area contributed by atoms with Crippen molar-refractivity contribution in [2.75, 3.05) is 43.1 Å². The summed E-state index contributed by atoms with van der Waals surface area (Å²) >= 11 is 7.90. The van der Waals surface area contributed by atoms with Crippen LogP contribution in [0.3, 0.4) is 0 Å². The Morgan fingerprint density at radius 1 is 1.06 bits per heavy atom. The molecule has 0 atom stereocenters. The van der Waals surface area contributed by atoms with Gasteiger partial charge in [0, 0.05) is 45.1 Å². The van der Waals surface area contributed by atoms with E-state index in [4.69, 9.17) is 26.4 Å². The second kappa shape index (κ2) is 10.9. The Bertz CT molecular complexity index is 1110. The van der Waals surface area contributed by atoms with Crippen LogP contribution in [0.2, 0.25) is 5.02 Å². The van der Waals surface area contributed by atoms with Gasteiger partial charge in [0.2, 0.25) is 0 Å². The summed E-state index contributed by atoms with van der Waals surface area (Å²) in [4.78, 5) is 25.0. The Labute approximate surface area is 202 Å². The number of aromatic carboxylic acids is 1. The van der Waals surface area contributed by atoms with Crippen molar-refractivity contribution in [1.82, 2.24) is 9.97 Å². The highest BCUT2D eigenvalue weighted by Crippen LogP contribution is 2.28. The molecule has 2 aromatic carbocycles. The lowest BCUT2D eigenvalue weighted by atomic mass is 10.1. The molecule has 0 unspecified atom stereocenters. The van der Waals surface area contributed by atoms with Crippen molar-refractivity contribution in [2.24, 2.45) is 0 Å². The Morgan fingerprint density at radius 3 is 2.42 bits per heavy atom. The number of methoxy groups -OCH3 is 1. The van der Waals surface area contributed by atoms with E-state index < -0.39 is 5.97 Å². The van der Waals surface area contributed by atoms with E-state index in [9.17, 15) is 4.79 Å². The van der Waals surface area contributed by atoms with E-state index in [-0.39, 0.29) is 5.56 Å². The number of para-hydroxylation sites is 1. The Balaban J connectivity index is 1.45. The first-order valence-electron chi connectivity index (χ1n) is 10.6. The highest BCUT2D eigenvalue weighted by atomic mass is 35.5. The number of hydrogen-bond donors (Lipinski definition) is 1. The van der Waals surface area contributed by atoms with Crippen LogP contribution in [-0.4, -0.2) is 54.3 Å². The van der Waals surface area contributed by atoms with Crippen LogP contribution in [-0.2, 0) is 17.1 Å². The predicted octanol–water partition coefficient (Wildman–Crippen LogP) is 4.59. The Kier molecular flexibility index (Phi) is 7.69. The van der Waals surface area contributed by atoms with Crippen molar-refractivity contribution in [2.45, 2.75) is 17.5 Å². The van der Waals surface area contributed by atoms with E-state index in [1.54, 1.807) is 19.2 Å². The summed E-state index contributed by atoms with van der Waals surface area (Å²) in [6.07, 6.45) is 0. The van der Waals surface area contributed by atoms with Crippen LogP contribution in [0.15, 0.2) is 59.8 Å². The molecule has 0 radical (unpaired) electrons. The summed E-state index contributed by atoms with van der Waals surface area (Å²) in [7, 11) is 1.65. The number of rotatable bonds is 8. The molecule has 3 aromatic rings. The molecule has 7 nitrogen and oxygen atoms in total. The molecule has 0 saturated carbocycles. The molecule has 1 N–H and O–H groups in total. The van der Waals surface area contributed by atoms with Crippen LogP contribution in [0.4, 0.5) is 11.5 Å². The fraction of sp³-hybridized carbons (Fsp3) is 0.292. The van der Waals surface area contributed by atoms with E-state index in [1.807, 2.05) is 36.4 Å². The van der Waals surface area contributed by atoms with Gasteiger partial charge in [-0.3, -0.25) is 0 Å². The third-order valence-corrected chi connectivity index (χ3v) is 6.64. The lowest BCUT2D eigenvalue weighted by Gasteiger charge is -2.37. The molecule has 1 fully saturated rings. The molecule has 1 saturated heterocycles. The molecular formula is C24H25ClN4O3S. The number of carboxylic acids is 1. The van der Waals surface area contributed by atoms with Crippen LogP contribution in [0.1, 0.15) is 21.6 Å². The van der Waals surface area contributed by atoms with Crippen molar-refractivity contribution < 1.29 is 14.6 Å². The van der Waals surface area contributed by atoms with Crippen LogP contribution in [0.25, 0.3) is 0 Å². The van der Waals surface area contributed by atoms with Crippen molar-refractivity contribution in [3.8, 4) is 0 Å². The highest BCUT2D eigenvalue weighted by molar-refractivity contribution is 7.98. The number of ether oxygens (including phenoxy) is 1. The number of anilines is 2. The molecule has 0 amide bonds. The first-order chi connectivity index (χ1) is 16.0. The van der Waals surface area contributed by atoms with E-state index >= 15 is 0 Å². The van der Waals surface area contributed by atoms with Gasteiger partial charge in [-0.2, -0.15) is 0 Å². The summed E-state index contributed by atoms with van der Waals surface area (Å²) < 4.78 is 5.32. The predicted molar refractivity (Wildman–Crippen MR) is 132 cm³/mol. The number of nitrogens with zero attached hydrogens (tertiary/aromatic N) is 4. The summed E-state index contributed by atoms with van der Waals surface area (Å²) in [5.41, 5.74) is 3.19. The number of halogens is 1. The first kappa shape index (κ1) is 23.4. The number of benzene rings is 2. The van der Waals surface area contributed by atoms with Gasteiger partial charge in [0.15, 0.2) is 5.16 Å². The molecule has 1 aromatic heterocycles. The van der Waals surface area contributed by atoms with Crippen molar-refractivity contribution >= 4 is 40.8 Å². The maximum atomic E-state index is 11.0. The average Bonchev–Trinajstić information content (AvgIpc) is 2.83. The fourth-order valence-electron chi connectivity index (χ4n) is 3.68. The van der Waals surface area contributed by atoms with E-state index in [1.165, 1.54) is 11.8 Å². The quantitative estimate of drug-likeness (QED) is 0.367. The van der Waals surface area contributed by atoms with Gasteiger partial charge in [-0.05, 0) is 29.8 Å². The topological polar surface area (TPSA) is 78.8 Å².